The van der Waals surface area contributed by atoms with Gasteiger partial charge in [-0.15, -0.1) is 0 Å². The number of hydrogen-bond acceptors (Lipinski definition) is 5. The number of amides is 1. The van der Waals surface area contributed by atoms with Gasteiger partial charge in [-0.05, 0) is 31.5 Å². The molecular formula is C16H20ClN3O3S2. The summed E-state index contributed by atoms with van der Waals surface area (Å²) in [5.41, 5.74) is 1.73. The lowest BCUT2D eigenvalue weighted by Gasteiger charge is -2.26. The molecule has 0 saturated carbocycles. The molecule has 0 bridgehead atoms. The Hall–Kier alpha value is -1.25. The standard InChI is InChI=1S/C16H20ClN3O3S2/c1-10(15(21)19(2)12-6-7-25(22,23)9-12)24-16-18-13-8-11(17)4-5-14(13)20(16)3/h4-5,8,10,12H,6-7,9H2,1-3H3/t10-,12+/m0/s1. The first kappa shape index (κ1) is 18.5. The predicted octanol–water partition coefficient (Wildman–Crippen LogP) is 2.35. The van der Waals surface area contributed by atoms with Crippen LogP contribution in [0.25, 0.3) is 11.0 Å². The fourth-order valence-electron chi connectivity index (χ4n) is 3.01. The van der Waals surface area contributed by atoms with Gasteiger partial charge in [-0.25, -0.2) is 13.4 Å². The van der Waals surface area contributed by atoms with Gasteiger partial charge in [-0.2, -0.15) is 0 Å². The number of thioether (sulfide) groups is 1. The summed E-state index contributed by atoms with van der Waals surface area (Å²) in [4.78, 5) is 18.8. The van der Waals surface area contributed by atoms with Gasteiger partial charge in [0.1, 0.15) is 0 Å². The van der Waals surface area contributed by atoms with E-state index in [0.717, 1.165) is 16.2 Å². The van der Waals surface area contributed by atoms with Gasteiger partial charge in [0.25, 0.3) is 0 Å². The first-order chi connectivity index (χ1) is 11.7. The van der Waals surface area contributed by atoms with Crippen molar-refractivity contribution in [3.8, 4) is 0 Å². The lowest BCUT2D eigenvalue weighted by atomic mass is 10.2. The van der Waals surface area contributed by atoms with Crippen LogP contribution < -0.4 is 0 Å². The van der Waals surface area contributed by atoms with E-state index in [4.69, 9.17) is 11.6 Å². The van der Waals surface area contributed by atoms with E-state index in [-0.39, 0.29) is 28.7 Å². The molecule has 1 fully saturated rings. The Balaban J connectivity index is 1.74. The van der Waals surface area contributed by atoms with Crippen molar-refractivity contribution >= 4 is 50.1 Å². The molecule has 3 rings (SSSR count). The van der Waals surface area contributed by atoms with Crippen LogP contribution in [0.2, 0.25) is 5.02 Å². The van der Waals surface area contributed by atoms with Crippen LogP contribution in [-0.2, 0) is 21.7 Å². The van der Waals surface area contributed by atoms with Crippen LogP contribution in [0.3, 0.4) is 0 Å². The molecule has 1 saturated heterocycles. The van der Waals surface area contributed by atoms with Crippen molar-refractivity contribution in [2.75, 3.05) is 18.6 Å². The molecule has 0 unspecified atom stereocenters. The molecule has 0 radical (unpaired) electrons. The van der Waals surface area contributed by atoms with Gasteiger partial charge in [0.2, 0.25) is 5.91 Å². The predicted molar refractivity (Wildman–Crippen MR) is 101 cm³/mol. The number of halogens is 1. The highest BCUT2D eigenvalue weighted by Gasteiger charge is 2.34. The molecule has 1 aromatic carbocycles. The van der Waals surface area contributed by atoms with Gasteiger partial charge in [0.15, 0.2) is 15.0 Å². The van der Waals surface area contributed by atoms with Gasteiger partial charge in [-0.1, -0.05) is 23.4 Å². The normalized spacial score (nSPS) is 20.7. The Labute approximate surface area is 156 Å². The zero-order valence-corrected chi connectivity index (χ0v) is 16.7. The van der Waals surface area contributed by atoms with E-state index in [0.29, 0.717) is 11.4 Å². The minimum absolute atomic E-state index is 0.0530. The number of sulfone groups is 1. The summed E-state index contributed by atoms with van der Waals surface area (Å²) in [6.45, 7) is 1.82. The molecule has 25 heavy (non-hydrogen) atoms. The SMILES string of the molecule is C[C@H](Sc1nc2cc(Cl)ccc2n1C)C(=O)N(C)[C@@H]1CCS(=O)(=O)C1. The molecular weight excluding hydrogens is 382 g/mol. The zero-order valence-electron chi connectivity index (χ0n) is 14.3. The Morgan fingerprint density at radius 3 is 2.84 bits per heavy atom. The van der Waals surface area contributed by atoms with Crippen LogP contribution in [0.5, 0.6) is 0 Å². The van der Waals surface area contributed by atoms with E-state index in [1.807, 2.05) is 30.7 Å². The van der Waals surface area contributed by atoms with E-state index in [2.05, 4.69) is 4.98 Å². The quantitative estimate of drug-likeness (QED) is 0.735. The van der Waals surface area contributed by atoms with Crippen molar-refractivity contribution in [2.24, 2.45) is 7.05 Å². The van der Waals surface area contributed by atoms with E-state index in [1.165, 1.54) is 11.8 Å². The second-order valence-electron chi connectivity index (χ2n) is 6.35. The van der Waals surface area contributed by atoms with Crippen molar-refractivity contribution in [2.45, 2.75) is 29.8 Å². The van der Waals surface area contributed by atoms with E-state index in [1.54, 1.807) is 18.0 Å². The molecule has 0 aliphatic carbocycles. The van der Waals surface area contributed by atoms with Crippen LogP contribution in [0.1, 0.15) is 13.3 Å². The highest BCUT2D eigenvalue weighted by molar-refractivity contribution is 8.00. The number of hydrogen-bond donors (Lipinski definition) is 0. The Kier molecular flexibility index (Phi) is 5.05. The Morgan fingerprint density at radius 1 is 1.48 bits per heavy atom. The second-order valence-corrected chi connectivity index (χ2v) is 10.3. The molecule has 0 N–H and O–H groups in total. The molecule has 2 atom stereocenters. The maximum absolute atomic E-state index is 12.7. The molecule has 1 aromatic heterocycles. The van der Waals surface area contributed by atoms with Crippen molar-refractivity contribution < 1.29 is 13.2 Å². The number of aromatic nitrogens is 2. The van der Waals surface area contributed by atoms with Crippen LogP contribution in [0.15, 0.2) is 23.4 Å². The third kappa shape index (κ3) is 3.80. The van der Waals surface area contributed by atoms with Gasteiger partial charge < -0.3 is 9.47 Å². The zero-order chi connectivity index (χ0) is 18.4. The highest BCUT2D eigenvalue weighted by Crippen LogP contribution is 2.29. The number of nitrogens with zero attached hydrogens (tertiary/aromatic N) is 3. The molecule has 6 nitrogen and oxygen atoms in total. The lowest BCUT2D eigenvalue weighted by molar-refractivity contribution is -0.130. The summed E-state index contributed by atoms with van der Waals surface area (Å²) in [5.74, 6) is 0.122. The average molecular weight is 402 g/mol. The third-order valence-corrected chi connectivity index (χ3v) is 7.65. The third-order valence-electron chi connectivity index (χ3n) is 4.54. The van der Waals surface area contributed by atoms with Crippen molar-refractivity contribution in [3.05, 3.63) is 23.2 Å². The number of imidazole rings is 1. The Morgan fingerprint density at radius 2 is 2.20 bits per heavy atom. The molecule has 136 valence electrons. The molecule has 1 aliphatic rings. The smallest absolute Gasteiger partial charge is 0.235 e. The van der Waals surface area contributed by atoms with Crippen LogP contribution in [0.4, 0.5) is 0 Å². The van der Waals surface area contributed by atoms with Gasteiger partial charge in [0.05, 0.1) is 27.8 Å². The maximum atomic E-state index is 12.7. The van der Waals surface area contributed by atoms with Crippen LogP contribution >= 0.6 is 23.4 Å². The number of carbonyl (C=O) groups is 1. The number of benzene rings is 1. The molecule has 2 aromatic rings. The summed E-state index contributed by atoms with van der Waals surface area (Å²) in [5, 5.41) is 0.985. The summed E-state index contributed by atoms with van der Waals surface area (Å²) in [6, 6.07) is 5.27. The van der Waals surface area contributed by atoms with E-state index >= 15 is 0 Å². The minimum Gasteiger partial charge on any atom is -0.341 e. The monoisotopic (exact) mass is 401 g/mol. The van der Waals surface area contributed by atoms with Crippen molar-refractivity contribution in [1.29, 1.82) is 0 Å². The first-order valence-corrected chi connectivity index (χ1v) is 11.0. The summed E-state index contributed by atoms with van der Waals surface area (Å²) < 4.78 is 25.2. The number of fused-ring (bicyclic) bond motifs is 1. The summed E-state index contributed by atoms with van der Waals surface area (Å²) >= 11 is 7.37. The molecule has 9 heteroatoms. The van der Waals surface area contributed by atoms with Crippen LogP contribution in [0, 0.1) is 0 Å². The van der Waals surface area contributed by atoms with Gasteiger partial charge in [-0.3, -0.25) is 4.79 Å². The fraction of sp³-hybridized carbons (Fsp3) is 0.500. The molecule has 1 aliphatic heterocycles. The second kappa shape index (κ2) is 6.81. The molecule has 2 heterocycles. The van der Waals surface area contributed by atoms with E-state index < -0.39 is 9.84 Å². The number of carbonyl (C=O) groups excluding carboxylic acids is 1. The lowest BCUT2D eigenvalue weighted by Crippen LogP contribution is -2.41. The number of aryl methyl sites for hydroxylation is 1. The fourth-order valence-corrected chi connectivity index (χ4v) is 5.94. The van der Waals surface area contributed by atoms with Crippen molar-refractivity contribution in [1.82, 2.24) is 14.5 Å². The average Bonchev–Trinajstić information content (AvgIpc) is 3.05. The summed E-state index contributed by atoms with van der Waals surface area (Å²) in [6.07, 6.45) is 0.507. The van der Waals surface area contributed by atoms with E-state index in [9.17, 15) is 13.2 Å². The molecule has 0 spiro atoms. The minimum atomic E-state index is -3.02. The molecule has 1 amide bonds. The van der Waals surface area contributed by atoms with Crippen LogP contribution in [-0.4, -0.2) is 58.6 Å². The number of rotatable bonds is 4. The van der Waals surface area contributed by atoms with Gasteiger partial charge >= 0.3 is 0 Å². The first-order valence-electron chi connectivity index (χ1n) is 7.93. The topological polar surface area (TPSA) is 72.3 Å². The van der Waals surface area contributed by atoms with Gasteiger partial charge in [0, 0.05) is 25.2 Å². The maximum Gasteiger partial charge on any atom is 0.235 e. The van der Waals surface area contributed by atoms with Crippen molar-refractivity contribution in [3.63, 3.8) is 0 Å². The highest BCUT2D eigenvalue weighted by atomic mass is 35.5. The summed E-state index contributed by atoms with van der Waals surface area (Å²) in [7, 11) is 0.563. The Bertz CT molecular complexity index is 926. The largest absolute Gasteiger partial charge is 0.341 e.